The minimum Gasteiger partial charge on any atom is -0.426 e. The summed E-state index contributed by atoms with van der Waals surface area (Å²) in [5, 5.41) is 0. The first-order chi connectivity index (χ1) is 12.7. The molecule has 2 aliphatic rings. The van der Waals surface area contributed by atoms with Crippen LogP contribution in [0.15, 0.2) is 18.2 Å². The Bertz CT molecular complexity index is 567. The van der Waals surface area contributed by atoms with Crippen molar-refractivity contribution < 1.29 is 22.6 Å². The maximum Gasteiger partial charge on any atom is 0.397 e. The smallest absolute Gasteiger partial charge is 0.397 e. The van der Waals surface area contributed by atoms with E-state index in [-0.39, 0.29) is 14.4 Å². The third-order valence-corrected chi connectivity index (χ3v) is 6.62. The maximum absolute atomic E-state index is 6.13. The van der Waals surface area contributed by atoms with E-state index in [0.717, 1.165) is 31.4 Å². The number of aryl methyl sites for hydroxylation is 1. The molecule has 1 unspecified atom stereocenters. The van der Waals surface area contributed by atoms with Gasteiger partial charge in [-0.2, -0.15) is 0 Å². The Morgan fingerprint density at radius 3 is 2.54 bits per heavy atom. The Labute approximate surface area is 160 Å². The molecule has 0 N–H and O–H groups in total. The summed E-state index contributed by atoms with van der Waals surface area (Å²) in [6.45, 7) is 9.07. The van der Waals surface area contributed by atoms with Crippen LogP contribution in [-0.2, 0) is 24.5 Å². The van der Waals surface area contributed by atoms with E-state index in [9.17, 15) is 0 Å². The van der Waals surface area contributed by atoms with Crippen molar-refractivity contribution in [2.24, 2.45) is 5.41 Å². The van der Waals surface area contributed by atoms with E-state index in [1.54, 1.807) is 0 Å². The van der Waals surface area contributed by atoms with E-state index >= 15 is 0 Å². The normalized spacial score (nSPS) is 28.3. The highest BCUT2D eigenvalue weighted by atomic mass is 31.2. The number of unbranched alkanes of at least 4 members (excludes halogenated alkanes) is 1. The van der Waals surface area contributed by atoms with Gasteiger partial charge in [-0.1, -0.05) is 39.3 Å². The van der Waals surface area contributed by atoms with Gasteiger partial charge in [0.1, 0.15) is 5.75 Å². The Hall–Kier alpha value is -0.280. The second-order valence-corrected chi connectivity index (χ2v) is 9.19. The summed E-state index contributed by atoms with van der Waals surface area (Å²) in [5.41, 5.74) is 2.45. The van der Waals surface area contributed by atoms with E-state index in [0.29, 0.717) is 32.3 Å². The first-order valence-corrected chi connectivity index (χ1v) is 11.4. The lowest BCUT2D eigenvalue weighted by molar-refractivity contribution is -0.0567. The molecule has 1 spiro atoms. The number of hydrogen-bond donors (Lipinski definition) is 0. The Morgan fingerprint density at radius 1 is 1.15 bits per heavy atom. The second kappa shape index (κ2) is 9.78. The highest BCUT2D eigenvalue weighted by Crippen LogP contribution is 2.49. The summed E-state index contributed by atoms with van der Waals surface area (Å²) < 4.78 is 28.8. The van der Waals surface area contributed by atoms with Crippen LogP contribution in [0.25, 0.3) is 0 Å². The lowest BCUT2D eigenvalue weighted by Crippen LogP contribution is -2.44. The first-order valence-electron chi connectivity index (χ1n) is 9.51. The number of benzene rings is 1. The lowest BCUT2D eigenvalue weighted by atomic mass is 9.93. The fourth-order valence-electron chi connectivity index (χ4n) is 3.00. The van der Waals surface area contributed by atoms with Crippen molar-refractivity contribution in [3.05, 3.63) is 29.3 Å². The monoisotopic (exact) mass is 400 g/mol. The summed E-state index contributed by atoms with van der Waals surface area (Å²) in [5.74, 6) is 1.45. The minimum atomic E-state index is -1.37. The zero-order valence-electron chi connectivity index (χ0n) is 16.0. The molecule has 146 valence electrons. The van der Waals surface area contributed by atoms with Crippen LogP contribution in [-0.4, -0.2) is 26.4 Å². The summed E-state index contributed by atoms with van der Waals surface area (Å²) in [4.78, 5) is 0. The average Bonchev–Trinajstić information content (AvgIpc) is 2.69. The van der Waals surface area contributed by atoms with Gasteiger partial charge in [-0.15, -0.1) is 0 Å². The van der Waals surface area contributed by atoms with E-state index in [2.05, 4.69) is 39.0 Å². The van der Waals surface area contributed by atoms with Crippen LogP contribution in [0.3, 0.4) is 0 Å². The predicted octanol–water partition coefficient (Wildman–Crippen LogP) is 5.74. The molecular formula is C19H30O5P2. The molecular weight excluding hydrogens is 370 g/mol. The van der Waals surface area contributed by atoms with Crippen LogP contribution in [0.1, 0.15) is 57.1 Å². The van der Waals surface area contributed by atoms with Crippen molar-refractivity contribution in [1.82, 2.24) is 0 Å². The molecule has 2 aliphatic heterocycles. The first kappa shape index (κ1) is 20.5. The van der Waals surface area contributed by atoms with Gasteiger partial charge in [-0.25, -0.2) is 0 Å². The molecule has 2 heterocycles. The quantitative estimate of drug-likeness (QED) is 0.547. The fourth-order valence-corrected chi connectivity index (χ4v) is 5.09. The van der Waals surface area contributed by atoms with Crippen molar-refractivity contribution in [2.45, 2.75) is 52.4 Å². The maximum atomic E-state index is 6.13. The van der Waals surface area contributed by atoms with Crippen molar-refractivity contribution in [1.29, 1.82) is 0 Å². The Balaban J connectivity index is 1.64. The van der Waals surface area contributed by atoms with Crippen LogP contribution in [0.4, 0.5) is 0 Å². The molecule has 0 radical (unpaired) electrons. The van der Waals surface area contributed by atoms with Gasteiger partial charge in [-0.05, 0) is 42.4 Å². The van der Waals surface area contributed by atoms with E-state index in [1.807, 2.05) is 0 Å². The zero-order valence-corrected chi connectivity index (χ0v) is 17.8. The molecule has 2 fully saturated rings. The van der Waals surface area contributed by atoms with Crippen molar-refractivity contribution >= 4 is 17.6 Å². The highest BCUT2D eigenvalue weighted by Gasteiger charge is 2.41. The molecule has 1 aromatic rings. The van der Waals surface area contributed by atoms with Crippen LogP contribution >= 0.6 is 17.6 Å². The zero-order chi connectivity index (χ0) is 18.4. The predicted molar refractivity (Wildman–Crippen MR) is 106 cm³/mol. The largest absolute Gasteiger partial charge is 0.426 e. The van der Waals surface area contributed by atoms with Gasteiger partial charge in [0.05, 0.1) is 31.8 Å². The van der Waals surface area contributed by atoms with Gasteiger partial charge in [0.25, 0.3) is 0 Å². The molecule has 3 rings (SSSR count). The third kappa shape index (κ3) is 5.16. The van der Waals surface area contributed by atoms with Crippen molar-refractivity contribution in [2.75, 3.05) is 26.4 Å². The fraction of sp³-hybridized carbons (Fsp3) is 0.684. The standard InChI is InChI=1S/C19H30O5P2/c1-4-6-7-17-10-16(15(3)5-2)8-9-18(17)24-26-22-13-19(14-23-26)11-20-25-21-12-19/h8-10,15,25H,4-7,11-14H2,1-3H3. The highest BCUT2D eigenvalue weighted by molar-refractivity contribution is 7.42. The summed E-state index contributed by atoms with van der Waals surface area (Å²) in [6, 6.07) is 6.55. The van der Waals surface area contributed by atoms with Gasteiger partial charge < -0.3 is 22.6 Å². The van der Waals surface area contributed by atoms with Gasteiger partial charge in [0, 0.05) is 0 Å². The topological polar surface area (TPSA) is 46.2 Å². The second-order valence-electron chi connectivity index (χ2n) is 7.30. The third-order valence-electron chi connectivity index (χ3n) is 5.07. The summed E-state index contributed by atoms with van der Waals surface area (Å²) in [7, 11) is -1.24. The molecule has 0 amide bonds. The van der Waals surface area contributed by atoms with Crippen LogP contribution in [0.5, 0.6) is 5.75 Å². The molecule has 0 bridgehead atoms. The van der Waals surface area contributed by atoms with Gasteiger partial charge in [0.15, 0.2) is 9.03 Å². The van der Waals surface area contributed by atoms with Gasteiger partial charge in [-0.3, -0.25) is 0 Å². The van der Waals surface area contributed by atoms with Crippen molar-refractivity contribution in [3.8, 4) is 5.75 Å². The molecule has 2 saturated heterocycles. The van der Waals surface area contributed by atoms with E-state index in [1.165, 1.54) is 11.1 Å². The molecule has 7 heteroatoms. The van der Waals surface area contributed by atoms with E-state index in [4.69, 9.17) is 22.6 Å². The molecule has 0 saturated carbocycles. The number of hydrogen-bond acceptors (Lipinski definition) is 5. The molecule has 0 aromatic heterocycles. The number of rotatable bonds is 7. The Kier molecular flexibility index (Phi) is 7.69. The average molecular weight is 400 g/mol. The van der Waals surface area contributed by atoms with Crippen molar-refractivity contribution in [3.63, 3.8) is 0 Å². The lowest BCUT2D eigenvalue weighted by Gasteiger charge is -2.39. The van der Waals surface area contributed by atoms with Crippen LogP contribution in [0.2, 0.25) is 0 Å². The van der Waals surface area contributed by atoms with E-state index < -0.39 is 8.60 Å². The summed E-state index contributed by atoms with van der Waals surface area (Å²) >= 11 is 0. The SMILES string of the molecule is CCCCc1cc(C(C)CC)ccc1OP1OCC2(COPOC2)CO1. The molecule has 1 aromatic carbocycles. The molecule has 1 atom stereocenters. The molecule has 5 nitrogen and oxygen atoms in total. The Morgan fingerprint density at radius 2 is 1.88 bits per heavy atom. The van der Waals surface area contributed by atoms with Crippen LogP contribution in [0, 0.1) is 5.41 Å². The van der Waals surface area contributed by atoms with Crippen LogP contribution < -0.4 is 4.52 Å². The molecule has 26 heavy (non-hydrogen) atoms. The molecule has 0 aliphatic carbocycles. The van der Waals surface area contributed by atoms with Gasteiger partial charge in [0.2, 0.25) is 0 Å². The summed E-state index contributed by atoms with van der Waals surface area (Å²) in [6.07, 6.45) is 4.47. The van der Waals surface area contributed by atoms with Gasteiger partial charge >= 0.3 is 8.60 Å². The minimum absolute atomic E-state index is 0.129.